The number of thioether (sulfide) groups is 1. The third-order valence-electron chi connectivity index (χ3n) is 3.43. The lowest BCUT2D eigenvalue weighted by atomic mass is 10.3. The standard InChI is InChI=1S/C17H17N3O3S2/c1-3-23-12-6-4-11(5-7-12)18-14(21)10-25-17-19-13-8-9-24-15(13)16(22)20(17)2/h4-9H,3,10H2,1-2H3,(H,18,21). The predicted molar refractivity (Wildman–Crippen MR) is 102 cm³/mol. The molecule has 6 nitrogen and oxygen atoms in total. The molecule has 2 heterocycles. The first-order chi connectivity index (χ1) is 12.1. The van der Waals surface area contributed by atoms with Gasteiger partial charge in [-0.05, 0) is 42.6 Å². The zero-order valence-electron chi connectivity index (χ0n) is 13.8. The van der Waals surface area contributed by atoms with Crippen molar-refractivity contribution in [2.45, 2.75) is 12.1 Å². The Morgan fingerprint density at radius 3 is 2.80 bits per heavy atom. The molecular weight excluding hydrogens is 358 g/mol. The molecule has 1 aromatic carbocycles. The minimum Gasteiger partial charge on any atom is -0.494 e. The summed E-state index contributed by atoms with van der Waals surface area (Å²) in [4.78, 5) is 28.8. The number of anilines is 1. The summed E-state index contributed by atoms with van der Waals surface area (Å²) in [5.41, 5.74) is 1.28. The minimum atomic E-state index is -0.158. The summed E-state index contributed by atoms with van der Waals surface area (Å²) < 4.78 is 7.48. The van der Waals surface area contributed by atoms with Crippen LogP contribution in [0.1, 0.15) is 6.92 Å². The van der Waals surface area contributed by atoms with Gasteiger partial charge in [0.1, 0.15) is 10.4 Å². The normalized spacial score (nSPS) is 10.8. The van der Waals surface area contributed by atoms with Gasteiger partial charge in [0, 0.05) is 12.7 Å². The molecule has 0 unspecified atom stereocenters. The van der Waals surface area contributed by atoms with E-state index in [4.69, 9.17) is 4.74 Å². The minimum absolute atomic E-state index is 0.0885. The zero-order valence-corrected chi connectivity index (χ0v) is 15.4. The van der Waals surface area contributed by atoms with Gasteiger partial charge in [-0.15, -0.1) is 11.3 Å². The Kier molecular flexibility index (Phi) is 5.40. The van der Waals surface area contributed by atoms with E-state index in [0.717, 1.165) is 5.75 Å². The summed E-state index contributed by atoms with van der Waals surface area (Å²) in [5.74, 6) is 0.773. The molecule has 25 heavy (non-hydrogen) atoms. The summed E-state index contributed by atoms with van der Waals surface area (Å²) in [6.07, 6.45) is 0. The second kappa shape index (κ2) is 7.71. The number of nitrogens with zero attached hydrogens (tertiary/aromatic N) is 2. The first kappa shape index (κ1) is 17.5. The Hall–Kier alpha value is -2.32. The van der Waals surface area contributed by atoms with Crippen LogP contribution in [0.4, 0.5) is 5.69 Å². The Labute approximate surface area is 152 Å². The number of thiophene rings is 1. The van der Waals surface area contributed by atoms with E-state index < -0.39 is 0 Å². The fraction of sp³-hybridized carbons (Fsp3) is 0.235. The fourth-order valence-corrected chi connectivity index (χ4v) is 3.80. The van der Waals surface area contributed by atoms with Gasteiger partial charge in [0.2, 0.25) is 5.91 Å². The smallest absolute Gasteiger partial charge is 0.271 e. The maximum Gasteiger partial charge on any atom is 0.271 e. The quantitative estimate of drug-likeness (QED) is 0.529. The van der Waals surface area contributed by atoms with Gasteiger partial charge in [0.25, 0.3) is 5.56 Å². The molecule has 3 rings (SSSR count). The molecular formula is C17H17N3O3S2. The van der Waals surface area contributed by atoms with Crippen LogP contribution in [-0.2, 0) is 11.8 Å². The summed E-state index contributed by atoms with van der Waals surface area (Å²) in [6.45, 7) is 2.52. The number of fused-ring (bicyclic) bond motifs is 1. The van der Waals surface area contributed by atoms with E-state index in [1.54, 1.807) is 19.2 Å². The highest BCUT2D eigenvalue weighted by Crippen LogP contribution is 2.21. The molecule has 0 aliphatic rings. The molecule has 0 fully saturated rings. The SMILES string of the molecule is CCOc1ccc(NC(=O)CSc2nc3ccsc3c(=O)n2C)cc1. The Bertz CT molecular complexity index is 948. The number of carbonyl (C=O) groups is 1. The average Bonchev–Trinajstić information content (AvgIpc) is 3.07. The van der Waals surface area contributed by atoms with Crippen molar-refractivity contribution in [2.24, 2.45) is 7.05 Å². The molecule has 0 aliphatic heterocycles. The largest absolute Gasteiger partial charge is 0.494 e. The van der Waals surface area contributed by atoms with Crippen LogP contribution in [0.3, 0.4) is 0 Å². The third kappa shape index (κ3) is 4.02. The number of hydrogen-bond acceptors (Lipinski definition) is 6. The van der Waals surface area contributed by atoms with Crippen LogP contribution in [0.15, 0.2) is 45.7 Å². The summed E-state index contributed by atoms with van der Waals surface area (Å²) in [6, 6.07) is 9.01. The number of carbonyl (C=O) groups excluding carboxylic acids is 1. The molecule has 0 saturated carbocycles. The van der Waals surface area contributed by atoms with Gasteiger partial charge in [-0.3, -0.25) is 14.2 Å². The van der Waals surface area contributed by atoms with Crippen LogP contribution in [0.25, 0.3) is 10.2 Å². The van der Waals surface area contributed by atoms with Crippen LogP contribution in [-0.4, -0.2) is 27.8 Å². The van der Waals surface area contributed by atoms with Gasteiger partial charge in [-0.25, -0.2) is 4.98 Å². The van der Waals surface area contributed by atoms with E-state index in [0.29, 0.717) is 27.7 Å². The summed E-state index contributed by atoms with van der Waals surface area (Å²) in [5, 5.41) is 5.18. The van der Waals surface area contributed by atoms with Crippen molar-refractivity contribution >= 4 is 44.9 Å². The van der Waals surface area contributed by atoms with Crippen molar-refractivity contribution < 1.29 is 9.53 Å². The molecule has 1 amide bonds. The van der Waals surface area contributed by atoms with E-state index in [1.807, 2.05) is 30.5 Å². The van der Waals surface area contributed by atoms with Crippen molar-refractivity contribution in [3.05, 3.63) is 46.1 Å². The number of nitrogens with one attached hydrogen (secondary N) is 1. The van der Waals surface area contributed by atoms with Crippen molar-refractivity contribution in [3.8, 4) is 5.75 Å². The Morgan fingerprint density at radius 1 is 1.32 bits per heavy atom. The number of ether oxygens (including phenoxy) is 1. The van der Waals surface area contributed by atoms with Crippen LogP contribution >= 0.6 is 23.1 Å². The van der Waals surface area contributed by atoms with E-state index in [1.165, 1.54) is 27.7 Å². The van der Waals surface area contributed by atoms with Crippen molar-refractivity contribution in [2.75, 3.05) is 17.7 Å². The molecule has 0 bridgehead atoms. The molecule has 0 aliphatic carbocycles. The lowest BCUT2D eigenvalue weighted by molar-refractivity contribution is -0.113. The van der Waals surface area contributed by atoms with Crippen LogP contribution in [0.5, 0.6) is 5.75 Å². The van der Waals surface area contributed by atoms with Crippen molar-refractivity contribution in [1.82, 2.24) is 9.55 Å². The first-order valence-corrected chi connectivity index (χ1v) is 9.54. The number of aromatic nitrogens is 2. The Morgan fingerprint density at radius 2 is 2.08 bits per heavy atom. The summed E-state index contributed by atoms with van der Waals surface area (Å²) >= 11 is 2.61. The third-order valence-corrected chi connectivity index (χ3v) is 5.35. The molecule has 2 aromatic heterocycles. The van der Waals surface area contributed by atoms with Gasteiger partial charge < -0.3 is 10.1 Å². The second-order valence-corrected chi connectivity index (χ2v) is 7.05. The monoisotopic (exact) mass is 375 g/mol. The van der Waals surface area contributed by atoms with E-state index in [2.05, 4.69) is 10.3 Å². The maximum absolute atomic E-state index is 12.2. The highest BCUT2D eigenvalue weighted by atomic mass is 32.2. The average molecular weight is 375 g/mol. The molecule has 130 valence electrons. The van der Waals surface area contributed by atoms with Crippen LogP contribution < -0.4 is 15.6 Å². The molecule has 1 N–H and O–H groups in total. The van der Waals surface area contributed by atoms with Gasteiger partial charge in [-0.1, -0.05) is 11.8 Å². The first-order valence-electron chi connectivity index (χ1n) is 7.68. The number of rotatable bonds is 6. The number of hydrogen-bond donors (Lipinski definition) is 1. The van der Waals surface area contributed by atoms with Crippen LogP contribution in [0, 0.1) is 0 Å². The molecule has 8 heteroatoms. The van der Waals surface area contributed by atoms with Gasteiger partial charge >= 0.3 is 0 Å². The molecule has 0 spiro atoms. The van der Waals surface area contributed by atoms with Gasteiger partial charge in [0.05, 0.1) is 17.9 Å². The molecule has 0 saturated heterocycles. The predicted octanol–water partition coefficient (Wildman–Crippen LogP) is 3.12. The lowest BCUT2D eigenvalue weighted by Gasteiger charge is -2.08. The molecule has 0 radical (unpaired) electrons. The summed E-state index contributed by atoms with van der Waals surface area (Å²) in [7, 11) is 1.67. The van der Waals surface area contributed by atoms with Crippen molar-refractivity contribution in [1.29, 1.82) is 0 Å². The number of amides is 1. The van der Waals surface area contributed by atoms with Crippen molar-refractivity contribution in [3.63, 3.8) is 0 Å². The highest BCUT2D eigenvalue weighted by molar-refractivity contribution is 7.99. The van der Waals surface area contributed by atoms with E-state index in [-0.39, 0.29) is 17.2 Å². The second-order valence-electron chi connectivity index (χ2n) is 5.19. The molecule has 3 aromatic rings. The number of benzene rings is 1. The Balaban J connectivity index is 1.64. The van der Waals surface area contributed by atoms with Gasteiger partial charge in [-0.2, -0.15) is 0 Å². The fourth-order valence-electron chi connectivity index (χ4n) is 2.23. The van der Waals surface area contributed by atoms with Crippen LogP contribution in [0.2, 0.25) is 0 Å². The van der Waals surface area contributed by atoms with E-state index in [9.17, 15) is 9.59 Å². The highest BCUT2D eigenvalue weighted by Gasteiger charge is 2.12. The zero-order chi connectivity index (χ0) is 17.8. The van der Waals surface area contributed by atoms with E-state index >= 15 is 0 Å². The lowest BCUT2D eigenvalue weighted by Crippen LogP contribution is -2.20. The van der Waals surface area contributed by atoms with Gasteiger partial charge in [0.15, 0.2) is 5.16 Å². The molecule has 0 atom stereocenters. The topological polar surface area (TPSA) is 73.2 Å². The maximum atomic E-state index is 12.2.